The van der Waals surface area contributed by atoms with E-state index in [0.717, 1.165) is 5.92 Å². The summed E-state index contributed by atoms with van der Waals surface area (Å²) in [6.45, 7) is 6.65. The van der Waals surface area contributed by atoms with E-state index in [1.54, 1.807) is 0 Å². The third kappa shape index (κ3) is 18.0. The zero-order valence-corrected chi connectivity index (χ0v) is 15.4. The molecule has 2 N–H and O–H groups in total. The third-order valence-electron chi connectivity index (χ3n) is 1.90. The van der Waals surface area contributed by atoms with Crippen molar-refractivity contribution < 1.29 is 14.4 Å². The monoisotopic (exact) mass is 444 g/mol. The van der Waals surface area contributed by atoms with Crippen LogP contribution in [0.4, 0.5) is 0 Å². The summed E-state index contributed by atoms with van der Waals surface area (Å²) < 4.78 is 8.74. The molecule has 16 heavy (non-hydrogen) atoms. The van der Waals surface area contributed by atoms with Crippen LogP contribution in [-0.2, 0) is 4.57 Å². The standard InChI is InChI=1S/C9H17Br3.H3O3P/c1-6(10)4-9(8(3)12)5-7(2)11;1-4(2)3/h6-9H,4-5H2,1-3H3;4H,(H2,1,2,3). The molecule has 0 aromatic heterocycles. The summed E-state index contributed by atoms with van der Waals surface area (Å²) in [6, 6.07) is 0. The van der Waals surface area contributed by atoms with Crippen molar-refractivity contribution >= 4 is 56.0 Å². The van der Waals surface area contributed by atoms with E-state index < -0.39 is 8.25 Å². The molecular formula is C9H20Br3O3P. The summed E-state index contributed by atoms with van der Waals surface area (Å²) in [6.07, 6.45) is 2.48. The van der Waals surface area contributed by atoms with E-state index in [9.17, 15) is 0 Å². The van der Waals surface area contributed by atoms with E-state index >= 15 is 0 Å². The molecule has 0 saturated heterocycles. The Bertz CT molecular complexity index is 175. The van der Waals surface area contributed by atoms with E-state index in [1.165, 1.54) is 12.8 Å². The Morgan fingerprint density at radius 2 is 1.25 bits per heavy atom. The highest BCUT2D eigenvalue weighted by molar-refractivity contribution is 9.10. The maximum Gasteiger partial charge on any atom is 0.314 e. The predicted octanol–water partition coefficient (Wildman–Crippen LogP) is 4.09. The van der Waals surface area contributed by atoms with Crippen molar-refractivity contribution in [2.24, 2.45) is 5.92 Å². The fraction of sp³-hybridized carbons (Fsp3) is 1.00. The van der Waals surface area contributed by atoms with Gasteiger partial charge in [0.25, 0.3) is 0 Å². The van der Waals surface area contributed by atoms with E-state index in [0.29, 0.717) is 14.5 Å². The molecule has 0 aromatic rings. The van der Waals surface area contributed by atoms with Gasteiger partial charge in [-0.1, -0.05) is 68.6 Å². The molecule has 0 fully saturated rings. The van der Waals surface area contributed by atoms with Gasteiger partial charge in [-0.3, -0.25) is 4.57 Å². The van der Waals surface area contributed by atoms with Crippen LogP contribution < -0.4 is 0 Å². The predicted molar refractivity (Wildman–Crippen MR) is 81.3 cm³/mol. The number of halogens is 3. The molecule has 0 aliphatic heterocycles. The van der Waals surface area contributed by atoms with Gasteiger partial charge in [0.1, 0.15) is 0 Å². The molecule has 0 bridgehead atoms. The van der Waals surface area contributed by atoms with E-state index in [4.69, 9.17) is 14.4 Å². The van der Waals surface area contributed by atoms with Gasteiger partial charge in [0.15, 0.2) is 0 Å². The van der Waals surface area contributed by atoms with Crippen LogP contribution >= 0.6 is 56.0 Å². The van der Waals surface area contributed by atoms with Gasteiger partial charge in [0, 0.05) is 14.5 Å². The van der Waals surface area contributed by atoms with Crippen LogP contribution in [0, 0.1) is 5.92 Å². The number of hydrogen-bond acceptors (Lipinski definition) is 1. The van der Waals surface area contributed by atoms with Crippen LogP contribution in [0.5, 0.6) is 0 Å². The quantitative estimate of drug-likeness (QED) is 0.494. The van der Waals surface area contributed by atoms with Crippen molar-refractivity contribution in [3.8, 4) is 0 Å². The van der Waals surface area contributed by atoms with Crippen molar-refractivity contribution in [1.82, 2.24) is 0 Å². The number of hydrogen-bond donors (Lipinski definition) is 2. The van der Waals surface area contributed by atoms with Crippen molar-refractivity contribution in [2.45, 2.75) is 48.1 Å². The van der Waals surface area contributed by atoms with Gasteiger partial charge in [0.05, 0.1) is 0 Å². The van der Waals surface area contributed by atoms with Crippen LogP contribution in [0.2, 0.25) is 0 Å². The van der Waals surface area contributed by atoms with Gasteiger partial charge in [-0.05, 0) is 18.8 Å². The first-order valence-electron chi connectivity index (χ1n) is 5.00. The van der Waals surface area contributed by atoms with E-state index in [1.807, 2.05) is 0 Å². The maximum atomic E-state index is 8.74. The first-order chi connectivity index (χ1) is 7.16. The fourth-order valence-electron chi connectivity index (χ4n) is 1.31. The van der Waals surface area contributed by atoms with E-state index in [2.05, 4.69) is 68.6 Å². The molecule has 100 valence electrons. The molecule has 0 radical (unpaired) electrons. The largest absolute Gasteiger partial charge is 0.326 e. The normalized spacial score (nSPS) is 18.3. The summed E-state index contributed by atoms with van der Waals surface area (Å²) in [4.78, 5) is 16.2. The zero-order valence-electron chi connectivity index (χ0n) is 9.66. The van der Waals surface area contributed by atoms with Crippen LogP contribution in [0.25, 0.3) is 0 Å². The fourth-order valence-corrected chi connectivity index (χ4v) is 2.70. The van der Waals surface area contributed by atoms with Gasteiger partial charge in [0.2, 0.25) is 0 Å². The van der Waals surface area contributed by atoms with Crippen molar-refractivity contribution in [3.63, 3.8) is 0 Å². The molecule has 0 aliphatic carbocycles. The molecule has 3 atom stereocenters. The Morgan fingerprint density at radius 1 is 1.00 bits per heavy atom. The lowest BCUT2D eigenvalue weighted by atomic mass is 9.96. The zero-order chi connectivity index (χ0) is 13.3. The minimum absolute atomic E-state index is 0.609. The second-order valence-corrected chi connectivity index (χ2v) is 8.89. The van der Waals surface area contributed by atoms with Crippen molar-refractivity contribution in [1.29, 1.82) is 0 Å². The average Bonchev–Trinajstić information content (AvgIpc) is 1.99. The highest BCUT2D eigenvalue weighted by Gasteiger charge is 2.18. The van der Waals surface area contributed by atoms with E-state index in [-0.39, 0.29) is 0 Å². The highest BCUT2D eigenvalue weighted by Crippen LogP contribution is 2.27. The molecule has 0 saturated carbocycles. The Kier molecular flexibility index (Phi) is 14.5. The average molecular weight is 447 g/mol. The minimum Gasteiger partial charge on any atom is -0.326 e. The van der Waals surface area contributed by atoms with Gasteiger partial charge in [-0.2, -0.15) is 0 Å². The van der Waals surface area contributed by atoms with Crippen LogP contribution in [0.1, 0.15) is 33.6 Å². The molecule has 3 nitrogen and oxygen atoms in total. The van der Waals surface area contributed by atoms with Gasteiger partial charge < -0.3 is 9.79 Å². The molecule has 7 heteroatoms. The molecule has 0 heterocycles. The Balaban J connectivity index is 0. The summed E-state index contributed by atoms with van der Waals surface area (Å²) in [5, 5.41) is 0. The summed E-state index contributed by atoms with van der Waals surface area (Å²) in [7, 11) is -3.13. The first kappa shape index (κ1) is 19.9. The number of rotatable bonds is 5. The molecule has 0 rings (SSSR count). The summed E-state index contributed by atoms with van der Waals surface area (Å²) in [5.74, 6) is 0.758. The SMILES string of the molecule is CC(Br)CC(CC(C)Br)C(C)Br.O=[PH](O)O. The lowest BCUT2D eigenvalue weighted by molar-refractivity contribution is 0.405. The van der Waals surface area contributed by atoms with Crippen LogP contribution in [0.15, 0.2) is 0 Å². The topological polar surface area (TPSA) is 57.5 Å². The molecule has 0 spiro atoms. The van der Waals surface area contributed by atoms with Crippen molar-refractivity contribution in [3.05, 3.63) is 0 Å². The Morgan fingerprint density at radius 3 is 1.38 bits per heavy atom. The van der Waals surface area contributed by atoms with Gasteiger partial charge in [-0.15, -0.1) is 0 Å². The smallest absolute Gasteiger partial charge is 0.314 e. The lowest BCUT2D eigenvalue weighted by Crippen LogP contribution is -2.17. The van der Waals surface area contributed by atoms with Crippen molar-refractivity contribution in [2.75, 3.05) is 0 Å². The summed E-state index contributed by atoms with van der Waals surface area (Å²) >= 11 is 10.9. The maximum absolute atomic E-state index is 8.74. The molecule has 0 aromatic carbocycles. The molecular weight excluding hydrogens is 427 g/mol. The Labute approximate surface area is 124 Å². The Hall–Kier alpha value is 1.59. The lowest BCUT2D eigenvalue weighted by Gasteiger charge is -2.22. The molecule has 0 aliphatic rings. The minimum atomic E-state index is -3.13. The van der Waals surface area contributed by atoms with Gasteiger partial charge >= 0.3 is 8.25 Å². The third-order valence-corrected chi connectivity index (χ3v) is 3.40. The second kappa shape index (κ2) is 11.7. The van der Waals surface area contributed by atoms with Crippen LogP contribution in [0.3, 0.4) is 0 Å². The van der Waals surface area contributed by atoms with Crippen LogP contribution in [-0.4, -0.2) is 24.3 Å². The molecule has 3 unspecified atom stereocenters. The highest BCUT2D eigenvalue weighted by atomic mass is 79.9. The second-order valence-electron chi connectivity index (χ2n) is 3.75. The molecule has 0 amide bonds. The number of alkyl halides is 3. The summed E-state index contributed by atoms with van der Waals surface area (Å²) in [5.41, 5.74) is 0. The van der Waals surface area contributed by atoms with Gasteiger partial charge in [-0.25, -0.2) is 0 Å². The first-order valence-corrected chi connectivity index (χ1v) is 9.05.